The van der Waals surface area contributed by atoms with Gasteiger partial charge in [0.05, 0.1) is 4.92 Å². The van der Waals surface area contributed by atoms with Gasteiger partial charge in [0.25, 0.3) is 0 Å². The van der Waals surface area contributed by atoms with Gasteiger partial charge in [-0.15, -0.1) is 5.10 Å². The monoisotopic (exact) mass is 185 g/mol. The van der Waals surface area contributed by atoms with Crippen LogP contribution in [0.4, 0.5) is 17.3 Å². The number of carbonyl (C=O) groups excluding carboxylic acids is 1. The molecule has 8 heteroatoms. The van der Waals surface area contributed by atoms with Crippen molar-refractivity contribution >= 4 is 23.2 Å². The van der Waals surface area contributed by atoms with Crippen LogP contribution in [0.3, 0.4) is 0 Å². The van der Waals surface area contributed by atoms with Crippen LogP contribution in [0.1, 0.15) is 6.92 Å². The fourth-order valence-corrected chi connectivity index (χ4v) is 0.788. The number of nitrogens with two attached hydrogens (primary N) is 1. The highest BCUT2D eigenvalue weighted by molar-refractivity contribution is 5.91. The molecule has 1 amide bonds. The Morgan fingerprint density at radius 2 is 2.38 bits per heavy atom. The van der Waals surface area contributed by atoms with E-state index >= 15 is 0 Å². The molecule has 0 aliphatic heterocycles. The first kappa shape index (κ1) is 8.97. The Morgan fingerprint density at radius 1 is 1.77 bits per heavy atom. The summed E-state index contributed by atoms with van der Waals surface area (Å²) in [5.41, 5.74) is 4.79. The maximum atomic E-state index is 10.6. The number of nitrogen functional groups attached to an aromatic ring is 1. The Bertz CT molecular complexity index is 357. The van der Waals surface area contributed by atoms with Gasteiger partial charge in [0.1, 0.15) is 0 Å². The summed E-state index contributed by atoms with van der Waals surface area (Å²) in [6.07, 6.45) is 0. The maximum absolute atomic E-state index is 10.6. The van der Waals surface area contributed by atoms with Crippen molar-refractivity contribution in [3.63, 3.8) is 0 Å². The van der Waals surface area contributed by atoms with Crippen LogP contribution < -0.4 is 11.1 Å². The number of hydrogen-bond donors (Lipinski definition) is 3. The molecule has 1 aromatic heterocycles. The van der Waals surface area contributed by atoms with Gasteiger partial charge in [-0.1, -0.05) is 0 Å². The standard InChI is InChI=1S/C5H7N5O3/c1-2(11)7-5-3(10(12)13)4(6)8-9-5/h1H3,(H4,6,7,8,9,11). The lowest BCUT2D eigenvalue weighted by Gasteiger charge is -1.94. The van der Waals surface area contributed by atoms with E-state index in [4.69, 9.17) is 5.73 Å². The molecule has 1 rings (SSSR count). The number of amides is 1. The minimum absolute atomic E-state index is 0.171. The van der Waals surface area contributed by atoms with E-state index in [0.717, 1.165) is 0 Å². The van der Waals surface area contributed by atoms with Crippen molar-refractivity contribution in [2.75, 3.05) is 11.1 Å². The number of anilines is 2. The average Bonchev–Trinajstić information content (AvgIpc) is 2.30. The second-order valence-electron chi connectivity index (χ2n) is 2.27. The lowest BCUT2D eigenvalue weighted by molar-refractivity contribution is -0.383. The minimum atomic E-state index is -0.718. The molecule has 1 aromatic rings. The molecule has 0 saturated carbocycles. The minimum Gasteiger partial charge on any atom is -0.378 e. The van der Waals surface area contributed by atoms with Crippen molar-refractivity contribution in [1.29, 1.82) is 0 Å². The van der Waals surface area contributed by atoms with Crippen molar-refractivity contribution in [1.82, 2.24) is 10.2 Å². The summed E-state index contributed by atoms with van der Waals surface area (Å²) in [5.74, 6) is -0.807. The number of aromatic nitrogens is 2. The fraction of sp³-hybridized carbons (Fsp3) is 0.200. The molecule has 0 spiro atoms. The largest absolute Gasteiger partial charge is 0.378 e. The normalized spacial score (nSPS) is 9.62. The van der Waals surface area contributed by atoms with Crippen molar-refractivity contribution < 1.29 is 9.72 Å². The Kier molecular flexibility index (Phi) is 2.13. The zero-order valence-electron chi connectivity index (χ0n) is 6.70. The van der Waals surface area contributed by atoms with E-state index in [1.54, 1.807) is 0 Å². The molecule has 0 radical (unpaired) electrons. The molecular formula is C5H7N5O3. The van der Waals surface area contributed by atoms with Crippen molar-refractivity contribution in [3.05, 3.63) is 10.1 Å². The molecule has 13 heavy (non-hydrogen) atoms. The maximum Gasteiger partial charge on any atom is 0.354 e. The molecule has 1 heterocycles. The van der Waals surface area contributed by atoms with Gasteiger partial charge in [0.2, 0.25) is 17.5 Å². The molecule has 0 fully saturated rings. The molecule has 0 saturated heterocycles. The van der Waals surface area contributed by atoms with Crippen LogP contribution in [0.5, 0.6) is 0 Å². The van der Waals surface area contributed by atoms with E-state index in [-0.39, 0.29) is 11.6 Å². The Morgan fingerprint density at radius 3 is 2.85 bits per heavy atom. The zero-order chi connectivity index (χ0) is 10.0. The van der Waals surface area contributed by atoms with Crippen LogP contribution >= 0.6 is 0 Å². The molecule has 0 aromatic carbocycles. The molecule has 0 aliphatic rings. The van der Waals surface area contributed by atoms with E-state index < -0.39 is 16.5 Å². The van der Waals surface area contributed by atoms with Crippen molar-refractivity contribution in [2.45, 2.75) is 6.92 Å². The first-order valence-electron chi connectivity index (χ1n) is 3.28. The number of hydrogen-bond acceptors (Lipinski definition) is 5. The Labute approximate surface area is 72.3 Å². The van der Waals surface area contributed by atoms with Crippen LogP contribution in [0.25, 0.3) is 0 Å². The molecule has 0 bridgehead atoms. The van der Waals surface area contributed by atoms with E-state index in [0.29, 0.717) is 0 Å². The summed E-state index contributed by atoms with van der Waals surface area (Å²) in [4.78, 5) is 20.3. The summed E-state index contributed by atoms with van der Waals surface area (Å²) in [6.45, 7) is 1.22. The third-order valence-corrected chi connectivity index (χ3v) is 1.24. The van der Waals surface area contributed by atoms with Crippen LogP contribution in [0.15, 0.2) is 0 Å². The van der Waals surface area contributed by atoms with E-state index in [1.165, 1.54) is 6.92 Å². The molecule has 70 valence electrons. The SMILES string of the molecule is CC(=O)Nc1n[nH]c(N)c1[N+](=O)[O-]. The first-order valence-corrected chi connectivity index (χ1v) is 3.28. The van der Waals surface area contributed by atoms with Gasteiger partial charge in [-0.2, -0.15) is 0 Å². The first-order chi connectivity index (χ1) is 6.02. The summed E-state index contributed by atoms with van der Waals surface area (Å²) in [6, 6.07) is 0. The van der Waals surface area contributed by atoms with Gasteiger partial charge in [-0.05, 0) is 0 Å². The third kappa shape index (κ3) is 1.72. The van der Waals surface area contributed by atoms with Gasteiger partial charge >= 0.3 is 5.69 Å². The highest BCUT2D eigenvalue weighted by Crippen LogP contribution is 2.27. The van der Waals surface area contributed by atoms with E-state index in [2.05, 4.69) is 15.5 Å². The summed E-state index contributed by atoms with van der Waals surface area (Å²) in [7, 11) is 0. The number of nitro groups is 1. The zero-order valence-corrected chi connectivity index (χ0v) is 6.70. The fourth-order valence-electron chi connectivity index (χ4n) is 0.788. The molecule has 0 atom stereocenters. The molecule has 4 N–H and O–H groups in total. The van der Waals surface area contributed by atoms with Crippen LogP contribution in [-0.2, 0) is 4.79 Å². The quantitative estimate of drug-likeness (QED) is 0.436. The number of H-pyrrole nitrogens is 1. The highest BCUT2D eigenvalue weighted by Gasteiger charge is 2.22. The number of aromatic amines is 1. The Balaban J connectivity index is 3.07. The Hall–Kier alpha value is -2.12. The lowest BCUT2D eigenvalue weighted by atomic mass is 10.4. The van der Waals surface area contributed by atoms with Gasteiger partial charge < -0.3 is 11.1 Å². The topological polar surface area (TPSA) is 127 Å². The van der Waals surface area contributed by atoms with Gasteiger partial charge in [0, 0.05) is 6.92 Å². The smallest absolute Gasteiger partial charge is 0.354 e. The second-order valence-corrected chi connectivity index (χ2v) is 2.27. The summed E-state index contributed by atoms with van der Waals surface area (Å²) in [5, 5.41) is 18.2. The number of carbonyl (C=O) groups is 1. The number of nitrogens with zero attached hydrogens (tertiary/aromatic N) is 2. The van der Waals surface area contributed by atoms with Gasteiger partial charge in [-0.25, -0.2) is 0 Å². The highest BCUT2D eigenvalue weighted by atomic mass is 16.6. The van der Waals surface area contributed by atoms with Crippen LogP contribution in [0.2, 0.25) is 0 Å². The molecule has 0 unspecified atom stereocenters. The number of rotatable bonds is 2. The predicted molar refractivity (Wildman–Crippen MR) is 44.0 cm³/mol. The predicted octanol–water partition coefficient (Wildman–Crippen LogP) is -0.142. The van der Waals surface area contributed by atoms with E-state index in [9.17, 15) is 14.9 Å². The van der Waals surface area contributed by atoms with Crippen LogP contribution in [-0.4, -0.2) is 21.0 Å². The summed E-state index contributed by atoms with van der Waals surface area (Å²) >= 11 is 0. The summed E-state index contributed by atoms with van der Waals surface area (Å²) < 4.78 is 0. The molecule has 0 aliphatic carbocycles. The molecular weight excluding hydrogens is 178 g/mol. The van der Waals surface area contributed by atoms with Crippen molar-refractivity contribution in [3.8, 4) is 0 Å². The number of nitrogens with one attached hydrogen (secondary N) is 2. The second kappa shape index (κ2) is 3.09. The van der Waals surface area contributed by atoms with Gasteiger partial charge in [-0.3, -0.25) is 20.0 Å². The third-order valence-electron chi connectivity index (χ3n) is 1.24. The van der Waals surface area contributed by atoms with E-state index in [1.807, 2.05) is 0 Å². The van der Waals surface area contributed by atoms with Crippen molar-refractivity contribution in [2.24, 2.45) is 0 Å². The van der Waals surface area contributed by atoms with Gasteiger partial charge in [0.15, 0.2) is 0 Å². The van der Waals surface area contributed by atoms with Crippen LogP contribution in [0, 0.1) is 10.1 Å². The molecule has 8 nitrogen and oxygen atoms in total. The lowest BCUT2D eigenvalue weighted by Crippen LogP contribution is -2.08. The average molecular weight is 185 g/mol.